The van der Waals surface area contributed by atoms with Gasteiger partial charge in [0.25, 0.3) is 11.9 Å². The molecule has 8 nitrogen and oxygen atoms in total. The fraction of sp³-hybridized carbons (Fsp3) is 0.345. The number of hydrogen-bond donors (Lipinski definition) is 1. The summed E-state index contributed by atoms with van der Waals surface area (Å²) in [6, 6.07) is 17.6. The molecule has 0 radical (unpaired) electrons. The number of amides is 1. The fourth-order valence-corrected chi connectivity index (χ4v) is 6.67. The predicted molar refractivity (Wildman–Crippen MR) is 138 cm³/mol. The molecule has 196 valence electrons. The van der Waals surface area contributed by atoms with Gasteiger partial charge in [-0.1, -0.05) is 42.5 Å². The highest BCUT2D eigenvalue weighted by Gasteiger charge is 2.73. The number of nitrogens with one attached hydrogen (secondary N) is 1. The van der Waals surface area contributed by atoms with Crippen LogP contribution < -0.4 is 14.8 Å². The number of nitro groups is 1. The number of nitrogens with zero attached hydrogens (tertiary/aromatic N) is 2. The van der Waals surface area contributed by atoms with Crippen molar-refractivity contribution in [2.24, 2.45) is 0 Å². The van der Waals surface area contributed by atoms with E-state index in [1.54, 1.807) is 36.4 Å². The Morgan fingerprint density at radius 1 is 1.11 bits per heavy atom. The number of fused-ring (bicyclic) bond motifs is 4. The van der Waals surface area contributed by atoms with Crippen LogP contribution >= 0.6 is 0 Å². The molecule has 0 saturated carbocycles. The Bertz CT molecular complexity index is 1410. The highest BCUT2D eigenvalue weighted by atomic mass is 19.1. The summed E-state index contributed by atoms with van der Waals surface area (Å²) >= 11 is 0. The lowest BCUT2D eigenvalue weighted by molar-refractivity contribution is -0.534. The molecule has 1 spiro atoms. The lowest BCUT2D eigenvalue weighted by Crippen LogP contribution is -2.55. The van der Waals surface area contributed by atoms with Gasteiger partial charge in [0.1, 0.15) is 12.4 Å². The van der Waals surface area contributed by atoms with Crippen LogP contribution in [-0.4, -0.2) is 41.0 Å². The van der Waals surface area contributed by atoms with Crippen molar-refractivity contribution in [3.05, 3.63) is 99.4 Å². The van der Waals surface area contributed by atoms with Crippen molar-refractivity contribution in [2.45, 2.75) is 49.9 Å². The summed E-state index contributed by atoms with van der Waals surface area (Å²) in [5.41, 5.74) is 1.05. The summed E-state index contributed by atoms with van der Waals surface area (Å²) in [7, 11) is 0. The first-order valence-electron chi connectivity index (χ1n) is 12.9. The second kappa shape index (κ2) is 9.40. The molecule has 1 N–H and O–H groups in total. The molecule has 0 bridgehead atoms. The van der Waals surface area contributed by atoms with E-state index in [4.69, 9.17) is 9.47 Å². The highest BCUT2D eigenvalue weighted by Crippen LogP contribution is 2.58. The minimum absolute atomic E-state index is 0.0174. The molecule has 3 aliphatic heterocycles. The standard InChI is InChI=1S/C29H28FN3O5/c1-2-37-25-16-18(13-14-24(25)38-17-19-8-3-5-10-21(19)30)26-23-12-7-15-32(23)29(27(26)33(35)36)20-9-4-6-11-22(20)31-28(29)34/h3-6,8-11,13-14,16,23,26-27H,2,7,12,15,17H2,1H3,(H,31,34)/t23-,26+,27+,29-/m0/s1. The fourth-order valence-electron chi connectivity index (χ4n) is 6.67. The Hall–Kier alpha value is -3.98. The number of carbonyl (C=O) groups excluding carboxylic acids is 1. The summed E-state index contributed by atoms with van der Waals surface area (Å²) in [4.78, 5) is 28.2. The summed E-state index contributed by atoms with van der Waals surface area (Å²) in [6.07, 6.45) is 1.60. The Labute approximate surface area is 219 Å². The van der Waals surface area contributed by atoms with Gasteiger partial charge in [-0.05, 0) is 49.6 Å². The van der Waals surface area contributed by atoms with Gasteiger partial charge in [0, 0.05) is 34.3 Å². The first kappa shape index (κ1) is 24.4. The molecule has 1 amide bonds. The zero-order valence-electron chi connectivity index (χ0n) is 20.9. The van der Waals surface area contributed by atoms with Crippen molar-refractivity contribution in [1.82, 2.24) is 4.90 Å². The predicted octanol–water partition coefficient (Wildman–Crippen LogP) is 4.86. The van der Waals surface area contributed by atoms with Crippen molar-refractivity contribution in [1.29, 1.82) is 0 Å². The molecule has 3 aromatic rings. The van der Waals surface area contributed by atoms with Crippen LogP contribution in [0.2, 0.25) is 0 Å². The normalized spacial score (nSPS) is 25.7. The summed E-state index contributed by atoms with van der Waals surface area (Å²) in [5, 5.41) is 15.7. The van der Waals surface area contributed by atoms with Gasteiger partial charge >= 0.3 is 0 Å². The second-order valence-corrected chi connectivity index (χ2v) is 9.94. The number of anilines is 1. The lowest BCUT2D eigenvalue weighted by atomic mass is 9.77. The molecule has 0 unspecified atom stereocenters. The first-order chi connectivity index (χ1) is 18.5. The summed E-state index contributed by atoms with van der Waals surface area (Å²) in [6.45, 7) is 2.83. The van der Waals surface area contributed by atoms with E-state index in [-0.39, 0.29) is 29.3 Å². The highest BCUT2D eigenvalue weighted by molar-refractivity contribution is 6.07. The third kappa shape index (κ3) is 3.56. The number of benzene rings is 3. The SMILES string of the molecule is CCOc1cc([C@@H]2[C@@H]3CCCN3[C@]3(C(=O)Nc4ccccc43)[C@@H]2[N+](=O)[O-])ccc1OCc1ccccc1F. The van der Waals surface area contributed by atoms with Crippen molar-refractivity contribution < 1.29 is 23.6 Å². The average Bonchev–Trinajstić information content (AvgIpc) is 3.57. The van der Waals surface area contributed by atoms with Crippen LogP contribution in [0.5, 0.6) is 11.5 Å². The molecule has 3 heterocycles. The molecule has 3 aliphatic rings. The third-order valence-corrected chi connectivity index (χ3v) is 8.09. The Kier molecular flexibility index (Phi) is 6.03. The van der Waals surface area contributed by atoms with Gasteiger partial charge in [0.15, 0.2) is 17.0 Å². The maximum atomic E-state index is 14.1. The molecule has 2 fully saturated rings. The van der Waals surface area contributed by atoms with Gasteiger partial charge in [-0.25, -0.2) is 4.39 Å². The number of rotatable bonds is 7. The van der Waals surface area contributed by atoms with E-state index in [2.05, 4.69) is 10.2 Å². The maximum absolute atomic E-state index is 14.1. The van der Waals surface area contributed by atoms with Crippen LogP contribution in [-0.2, 0) is 16.9 Å². The van der Waals surface area contributed by atoms with E-state index in [0.29, 0.717) is 41.5 Å². The molecule has 9 heteroatoms. The third-order valence-electron chi connectivity index (χ3n) is 8.09. The van der Waals surface area contributed by atoms with E-state index < -0.39 is 17.5 Å². The van der Waals surface area contributed by atoms with Gasteiger partial charge in [0.05, 0.1) is 12.5 Å². The molecule has 4 atom stereocenters. The monoisotopic (exact) mass is 517 g/mol. The number of para-hydroxylation sites is 1. The van der Waals surface area contributed by atoms with Crippen molar-refractivity contribution >= 4 is 11.6 Å². The average molecular weight is 518 g/mol. The topological polar surface area (TPSA) is 93.9 Å². The molecular formula is C29H28FN3O5. The molecule has 2 saturated heterocycles. The molecule has 0 aliphatic carbocycles. The van der Waals surface area contributed by atoms with E-state index in [1.807, 2.05) is 31.2 Å². The summed E-state index contributed by atoms with van der Waals surface area (Å²) < 4.78 is 25.9. The molecule has 38 heavy (non-hydrogen) atoms. The Morgan fingerprint density at radius 3 is 2.68 bits per heavy atom. The van der Waals surface area contributed by atoms with Crippen LogP contribution in [0.3, 0.4) is 0 Å². The quantitative estimate of drug-likeness (QED) is 0.356. The van der Waals surface area contributed by atoms with E-state index >= 15 is 0 Å². The maximum Gasteiger partial charge on any atom is 0.256 e. The zero-order valence-corrected chi connectivity index (χ0v) is 20.9. The molecule has 3 aromatic carbocycles. The zero-order chi connectivity index (χ0) is 26.4. The van der Waals surface area contributed by atoms with Crippen LogP contribution in [0.15, 0.2) is 66.7 Å². The van der Waals surface area contributed by atoms with Crippen LogP contribution in [0.4, 0.5) is 10.1 Å². The van der Waals surface area contributed by atoms with Crippen LogP contribution in [0.25, 0.3) is 0 Å². The van der Waals surface area contributed by atoms with Gasteiger partial charge < -0.3 is 14.8 Å². The molecular weight excluding hydrogens is 489 g/mol. The number of carbonyl (C=O) groups is 1. The number of halogens is 1. The first-order valence-corrected chi connectivity index (χ1v) is 12.9. The van der Waals surface area contributed by atoms with E-state index in [9.17, 15) is 19.3 Å². The Balaban J connectivity index is 1.41. The van der Waals surface area contributed by atoms with Crippen molar-refractivity contribution in [2.75, 3.05) is 18.5 Å². The van der Waals surface area contributed by atoms with Crippen LogP contribution in [0.1, 0.15) is 42.4 Å². The van der Waals surface area contributed by atoms with E-state index in [0.717, 1.165) is 18.4 Å². The van der Waals surface area contributed by atoms with Gasteiger partial charge in [-0.3, -0.25) is 19.8 Å². The van der Waals surface area contributed by atoms with Crippen molar-refractivity contribution in [3.63, 3.8) is 0 Å². The molecule has 0 aromatic heterocycles. The van der Waals surface area contributed by atoms with Gasteiger partial charge in [0.2, 0.25) is 0 Å². The second-order valence-electron chi connectivity index (χ2n) is 9.94. The minimum atomic E-state index is -1.38. The van der Waals surface area contributed by atoms with Crippen LogP contribution in [0, 0.1) is 15.9 Å². The van der Waals surface area contributed by atoms with Gasteiger partial charge in [-0.15, -0.1) is 0 Å². The lowest BCUT2D eigenvalue weighted by Gasteiger charge is -2.32. The smallest absolute Gasteiger partial charge is 0.256 e. The Morgan fingerprint density at radius 2 is 1.89 bits per heavy atom. The molecule has 6 rings (SSSR count). The number of hydrogen-bond acceptors (Lipinski definition) is 6. The van der Waals surface area contributed by atoms with Gasteiger partial charge in [-0.2, -0.15) is 0 Å². The minimum Gasteiger partial charge on any atom is -0.490 e. The van der Waals surface area contributed by atoms with E-state index in [1.165, 1.54) is 6.07 Å². The summed E-state index contributed by atoms with van der Waals surface area (Å²) in [5.74, 6) is -0.376. The van der Waals surface area contributed by atoms with Crippen molar-refractivity contribution in [3.8, 4) is 11.5 Å². The number of ether oxygens (including phenoxy) is 2. The largest absolute Gasteiger partial charge is 0.490 e.